The van der Waals surface area contributed by atoms with Crippen LogP contribution in [0.25, 0.3) is 10.8 Å². The molecular weight excluding hydrogens is 326 g/mol. The molecule has 0 bridgehead atoms. The number of amides is 2. The molecule has 3 aromatic rings. The highest BCUT2D eigenvalue weighted by Crippen LogP contribution is 2.20. The number of hydrogen-bond donors (Lipinski definition) is 2. The summed E-state index contributed by atoms with van der Waals surface area (Å²) in [6, 6.07) is 13.5. The number of hydrogen-bond acceptors (Lipinski definition) is 5. The molecule has 2 N–H and O–H groups in total. The summed E-state index contributed by atoms with van der Waals surface area (Å²) in [6.45, 7) is 1.60. The van der Waals surface area contributed by atoms with Gasteiger partial charge in [0.1, 0.15) is 11.4 Å². The largest absolute Gasteiger partial charge is 0.484 e. The van der Waals surface area contributed by atoms with Crippen molar-refractivity contribution >= 4 is 33.9 Å². The molecule has 24 heavy (non-hydrogen) atoms. The summed E-state index contributed by atoms with van der Waals surface area (Å²) in [5.74, 6) is -0.327. The number of aryl methyl sites for hydroxylation is 1. The average molecular weight is 341 g/mol. The van der Waals surface area contributed by atoms with Gasteiger partial charge in [0.2, 0.25) is 0 Å². The van der Waals surface area contributed by atoms with Gasteiger partial charge >= 0.3 is 0 Å². The maximum absolute atomic E-state index is 11.8. The fraction of sp³-hybridized carbons (Fsp3) is 0.118. The minimum absolute atomic E-state index is 0.200. The smallest absolute Gasteiger partial charge is 0.289 e. The number of nitrogens with one attached hydrogen (secondary N) is 2. The van der Waals surface area contributed by atoms with Crippen molar-refractivity contribution in [2.45, 2.75) is 6.92 Å². The van der Waals surface area contributed by atoms with Gasteiger partial charge in [-0.05, 0) is 29.8 Å². The first-order valence-electron chi connectivity index (χ1n) is 7.25. The first kappa shape index (κ1) is 15.9. The lowest BCUT2D eigenvalue weighted by Gasteiger charge is -2.08. The van der Waals surface area contributed by atoms with Gasteiger partial charge in [0.05, 0.1) is 5.01 Å². The Balaban J connectivity index is 1.50. The molecule has 7 heteroatoms. The normalized spacial score (nSPS) is 10.4. The van der Waals surface area contributed by atoms with E-state index in [1.807, 2.05) is 36.4 Å². The van der Waals surface area contributed by atoms with Gasteiger partial charge in [-0.25, -0.2) is 4.98 Å². The molecule has 2 aromatic carbocycles. The number of aromatic nitrogens is 1. The number of nitrogens with zero attached hydrogens (tertiary/aromatic N) is 1. The van der Waals surface area contributed by atoms with Gasteiger partial charge in [-0.1, -0.05) is 30.3 Å². The molecule has 3 rings (SSSR count). The molecule has 0 fully saturated rings. The summed E-state index contributed by atoms with van der Waals surface area (Å²) in [5, 5.41) is 4.54. The Hall–Kier alpha value is -2.93. The summed E-state index contributed by atoms with van der Waals surface area (Å²) >= 11 is 1.37. The number of carbonyl (C=O) groups is 2. The number of benzene rings is 2. The second kappa shape index (κ2) is 7.10. The standard InChI is InChI=1S/C17H15N3O3S/c1-11-18-15(10-24-11)17(22)20-19-16(21)9-23-14-7-6-12-4-2-3-5-13(12)8-14/h2-8,10H,9H2,1H3,(H,19,21)(H,20,22). The van der Waals surface area contributed by atoms with Gasteiger partial charge in [0.25, 0.3) is 11.8 Å². The lowest BCUT2D eigenvalue weighted by molar-refractivity contribution is -0.123. The molecule has 6 nitrogen and oxygen atoms in total. The molecule has 0 aliphatic rings. The first-order chi connectivity index (χ1) is 11.6. The number of carbonyl (C=O) groups excluding carboxylic acids is 2. The van der Waals surface area contributed by atoms with Gasteiger partial charge in [-0.2, -0.15) is 0 Å². The van der Waals surface area contributed by atoms with Gasteiger partial charge in [0, 0.05) is 5.38 Å². The zero-order valence-corrected chi connectivity index (χ0v) is 13.7. The van der Waals surface area contributed by atoms with Gasteiger partial charge in [-0.15, -0.1) is 11.3 Å². The molecule has 122 valence electrons. The van der Waals surface area contributed by atoms with E-state index in [2.05, 4.69) is 15.8 Å². The van der Waals surface area contributed by atoms with Crippen molar-refractivity contribution in [1.29, 1.82) is 0 Å². The van der Waals surface area contributed by atoms with E-state index in [1.54, 1.807) is 18.4 Å². The van der Waals surface area contributed by atoms with Crippen molar-refractivity contribution in [3.8, 4) is 5.75 Å². The molecular formula is C17H15N3O3S. The van der Waals surface area contributed by atoms with Crippen molar-refractivity contribution in [1.82, 2.24) is 15.8 Å². The predicted octanol–water partition coefficient (Wildman–Crippen LogP) is 2.44. The fourth-order valence-corrected chi connectivity index (χ4v) is 2.69. The van der Waals surface area contributed by atoms with Crippen molar-refractivity contribution < 1.29 is 14.3 Å². The number of rotatable bonds is 4. The number of hydrazine groups is 1. The molecule has 1 heterocycles. The van der Waals surface area contributed by atoms with E-state index in [9.17, 15) is 9.59 Å². The maximum Gasteiger partial charge on any atom is 0.289 e. The Labute approximate surface area is 142 Å². The van der Waals surface area contributed by atoms with E-state index >= 15 is 0 Å². The third kappa shape index (κ3) is 3.88. The van der Waals surface area contributed by atoms with Crippen molar-refractivity contribution in [2.75, 3.05) is 6.61 Å². The summed E-state index contributed by atoms with van der Waals surface area (Å²) in [4.78, 5) is 27.5. The Morgan fingerprint density at radius 1 is 1.12 bits per heavy atom. The van der Waals surface area contributed by atoms with E-state index in [1.165, 1.54) is 11.3 Å². The summed E-state index contributed by atoms with van der Waals surface area (Å²) < 4.78 is 5.44. The van der Waals surface area contributed by atoms with Crippen LogP contribution in [-0.2, 0) is 4.79 Å². The van der Waals surface area contributed by atoms with Crippen LogP contribution >= 0.6 is 11.3 Å². The Morgan fingerprint density at radius 2 is 1.92 bits per heavy atom. The first-order valence-corrected chi connectivity index (χ1v) is 8.13. The molecule has 0 aliphatic carbocycles. The Morgan fingerprint density at radius 3 is 2.67 bits per heavy atom. The van der Waals surface area contributed by atoms with Crippen molar-refractivity contribution in [3.05, 3.63) is 58.5 Å². The van der Waals surface area contributed by atoms with Crippen molar-refractivity contribution in [3.63, 3.8) is 0 Å². The average Bonchev–Trinajstić information content (AvgIpc) is 3.04. The second-order valence-electron chi connectivity index (χ2n) is 5.05. The Kier molecular flexibility index (Phi) is 4.72. The monoisotopic (exact) mass is 341 g/mol. The number of ether oxygens (including phenoxy) is 1. The van der Waals surface area contributed by atoms with E-state index in [0.717, 1.165) is 15.8 Å². The van der Waals surface area contributed by atoms with E-state index < -0.39 is 11.8 Å². The van der Waals surface area contributed by atoms with Crippen LogP contribution in [0.4, 0.5) is 0 Å². The highest BCUT2D eigenvalue weighted by Gasteiger charge is 2.10. The maximum atomic E-state index is 11.8. The molecule has 1 aromatic heterocycles. The van der Waals surface area contributed by atoms with Gasteiger partial charge < -0.3 is 4.74 Å². The third-order valence-electron chi connectivity index (χ3n) is 3.26. The fourth-order valence-electron chi connectivity index (χ4n) is 2.10. The lowest BCUT2D eigenvalue weighted by atomic mass is 10.1. The van der Waals surface area contributed by atoms with Gasteiger partial charge in [-0.3, -0.25) is 20.4 Å². The molecule has 0 unspecified atom stereocenters. The summed E-state index contributed by atoms with van der Waals surface area (Å²) in [6.07, 6.45) is 0. The van der Waals surface area contributed by atoms with E-state index in [4.69, 9.17) is 4.74 Å². The SMILES string of the molecule is Cc1nc(C(=O)NNC(=O)COc2ccc3ccccc3c2)cs1. The minimum atomic E-state index is -0.460. The molecule has 2 amide bonds. The lowest BCUT2D eigenvalue weighted by Crippen LogP contribution is -2.43. The van der Waals surface area contributed by atoms with Crippen LogP contribution in [0.15, 0.2) is 47.8 Å². The van der Waals surface area contributed by atoms with Crippen LogP contribution in [-0.4, -0.2) is 23.4 Å². The van der Waals surface area contributed by atoms with Crippen LogP contribution in [0.1, 0.15) is 15.5 Å². The number of fused-ring (bicyclic) bond motifs is 1. The van der Waals surface area contributed by atoms with E-state index in [-0.39, 0.29) is 12.3 Å². The topological polar surface area (TPSA) is 80.3 Å². The third-order valence-corrected chi connectivity index (χ3v) is 4.03. The highest BCUT2D eigenvalue weighted by atomic mass is 32.1. The summed E-state index contributed by atoms with van der Waals surface area (Å²) in [5.41, 5.74) is 4.87. The van der Waals surface area contributed by atoms with Crippen LogP contribution in [0.3, 0.4) is 0 Å². The van der Waals surface area contributed by atoms with Gasteiger partial charge in [0.15, 0.2) is 6.61 Å². The zero-order valence-electron chi connectivity index (χ0n) is 12.9. The molecule has 0 aliphatic heterocycles. The minimum Gasteiger partial charge on any atom is -0.484 e. The predicted molar refractivity (Wildman–Crippen MR) is 91.9 cm³/mol. The molecule has 0 saturated carbocycles. The highest BCUT2D eigenvalue weighted by molar-refractivity contribution is 7.09. The summed E-state index contributed by atoms with van der Waals surface area (Å²) in [7, 11) is 0. The Bertz CT molecular complexity index is 891. The van der Waals surface area contributed by atoms with Crippen LogP contribution < -0.4 is 15.6 Å². The van der Waals surface area contributed by atoms with Crippen LogP contribution in [0.5, 0.6) is 5.75 Å². The molecule has 0 spiro atoms. The molecule has 0 saturated heterocycles. The zero-order chi connectivity index (χ0) is 16.9. The second-order valence-corrected chi connectivity index (χ2v) is 6.11. The van der Waals surface area contributed by atoms with E-state index in [0.29, 0.717) is 5.75 Å². The quantitative estimate of drug-likeness (QED) is 0.714. The number of thiazole rings is 1. The molecule has 0 atom stereocenters. The molecule has 0 radical (unpaired) electrons. The van der Waals surface area contributed by atoms with Crippen LogP contribution in [0, 0.1) is 6.92 Å². The van der Waals surface area contributed by atoms with Crippen molar-refractivity contribution in [2.24, 2.45) is 0 Å². The van der Waals surface area contributed by atoms with Crippen LogP contribution in [0.2, 0.25) is 0 Å².